The Morgan fingerprint density at radius 2 is 1.95 bits per heavy atom. The van der Waals surface area contributed by atoms with Crippen molar-refractivity contribution in [2.75, 3.05) is 0 Å². The molecule has 1 aliphatic rings. The normalized spacial score (nSPS) is 13.0. The van der Waals surface area contributed by atoms with Gasteiger partial charge in [-0.3, -0.25) is 4.79 Å². The lowest BCUT2D eigenvalue weighted by molar-refractivity contribution is -0.132. The van der Waals surface area contributed by atoms with Crippen LogP contribution in [-0.2, 0) is 16.0 Å². The van der Waals surface area contributed by atoms with Crippen LogP contribution < -0.4 is 9.47 Å². The van der Waals surface area contributed by atoms with Crippen molar-refractivity contribution in [3.05, 3.63) is 65.7 Å². The molecule has 0 amide bonds. The Balaban J connectivity index is 1.67. The molecule has 0 aliphatic carbocycles. The lowest BCUT2D eigenvalue weighted by atomic mass is 10.1. The van der Waals surface area contributed by atoms with Crippen molar-refractivity contribution < 1.29 is 19.1 Å². The minimum absolute atomic E-state index is 0.209. The van der Waals surface area contributed by atoms with Crippen LogP contribution in [0.15, 0.2) is 54.6 Å². The quantitative estimate of drug-likeness (QED) is 0.493. The summed E-state index contributed by atoms with van der Waals surface area (Å²) in [5.41, 5.74) is 1.65. The van der Waals surface area contributed by atoms with Crippen LogP contribution in [0.1, 0.15) is 11.1 Å². The molecule has 3 rings (SSSR count). The number of fused-ring (bicyclic) bond motifs is 1. The second-order valence-electron chi connectivity index (χ2n) is 4.59. The average molecular weight is 280 g/mol. The maximum atomic E-state index is 11.7. The third-order valence-electron chi connectivity index (χ3n) is 3.02. The van der Waals surface area contributed by atoms with Crippen LogP contribution >= 0.6 is 0 Å². The highest BCUT2D eigenvalue weighted by atomic mass is 16.5. The Labute approximate surface area is 121 Å². The number of carbonyl (C=O) groups is 2. The van der Waals surface area contributed by atoms with E-state index in [0.29, 0.717) is 11.5 Å². The Kier molecular flexibility index (Phi) is 3.51. The predicted octanol–water partition coefficient (Wildman–Crippen LogP) is 2.77. The van der Waals surface area contributed by atoms with E-state index in [-0.39, 0.29) is 12.4 Å². The number of esters is 2. The van der Waals surface area contributed by atoms with Gasteiger partial charge < -0.3 is 9.47 Å². The van der Waals surface area contributed by atoms with Gasteiger partial charge in [0.1, 0.15) is 11.5 Å². The van der Waals surface area contributed by atoms with Gasteiger partial charge in [-0.15, -0.1) is 0 Å². The maximum Gasteiger partial charge on any atom is 0.336 e. The number of hydrogen-bond donors (Lipinski definition) is 0. The maximum absolute atomic E-state index is 11.7. The highest BCUT2D eigenvalue weighted by Crippen LogP contribution is 2.29. The molecule has 0 atom stereocenters. The third kappa shape index (κ3) is 3.17. The number of carbonyl (C=O) groups excluding carboxylic acids is 2. The van der Waals surface area contributed by atoms with Gasteiger partial charge in [-0.05, 0) is 29.8 Å². The van der Waals surface area contributed by atoms with E-state index in [1.165, 1.54) is 6.08 Å². The lowest BCUT2D eigenvalue weighted by Crippen LogP contribution is -2.03. The van der Waals surface area contributed by atoms with Gasteiger partial charge in [0.25, 0.3) is 0 Å². The fourth-order valence-electron chi connectivity index (χ4n) is 2.05. The summed E-state index contributed by atoms with van der Waals surface area (Å²) in [5, 5.41) is 0. The molecule has 21 heavy (non-hydrogen) atoms. The minimum atomic E-state index is -0.468. The molecule has 2 aromatic rings. The molecule has 0 saturated carbocycles. The number of rotatable bonds is 3. The summed E-state index contributed by atoms with van der Waals surface area (Å²) in [6.45, 7) is 0. The zero-order chi connectivity index (χ0) is 14.7. The van der Waals surface area contributed by atoms with Crippen molar-refractivity contribution in [1.29, 1.82) is 0 Å². The summed E-state index contributed by atoms with van der Waals surface area (Å²) < 4.78 is 10.2. The molecular formula is C17H12O4. The highest BCUT2D eigenvalue weighted by Gasteiger charge is 2.20. The SMILES string of the molecule is O=C(/C=C/c1ccccc1)Oc1ccc2c(c1)CC(=O)O2. The number of hydrogen-bond acceptors (Lipinski definition) is 4. The Bertz CT molecular complexity index is 717. The van der Waals surface area contributed by atoms with Gasteiger partial charge in [0.05, 0.1) is 6.42 Å². The van der Waals surface area contributed by atoms with Crippen LogP contribution in [0.4, 0.5) is 0 Å². The first kappa shape index (κ1) is 13.1. The van der Waals surface area contributed by atoms with Crippen LogP contribution in [0.2, 0.25) is 0 Å². The van der Waals surface area contributed by atoms with E-state index in [1.54, 1.807) is 24.3 Å². The van der Waals surface area contributed by atoms with E-state index in [1.807, 2.05) is 30.3 Å². The first-order valence-electron chi connectivity index (χ1n) is 6.49. The highest BCUT2D eigenvalue weighted by molar-refractivity contribution is 5.89. The Morgan fingerprint density at radius 1 is 1.14 bits per heavy atom. The van der Waals surface area contributed by atoms with Crippen molar-refractivity contribution in [2.24, 2.45) is 0 Å². The van der Waals surface area contributed by atoms with Gasteiger partial charge in [-0.25, -0.2) is 4.79 Å². The monoisotopic (exact) mass is 280 g/mol. The molecule has 0 unspecified atom stereocenters. The molecule has 0 aromatic heterocycles. The van der Waals surface area contributed by atoms with E-state index < -0.39 is 5.97 Å². The summed E-state index contributed by atoms with van der Waals surface area (Å²) in [5.74, 6) is 0.163. The first-order chi connectivity index (χ1) is 10.2. The summed E-state index contributed by atoms with van der Waals surface area (Å²) in [4.78, 5) is 22.9. The fraction of sp³-hybridized carbons (Fsp3) is 0.0588. The molecule has 2 aromatic carbocycles. The van der Waals surface area contributed by atoms with E-state index in [0.717, 1.165) is 11.1 Å². The molecule has 1 aliphatic heterocycles. The molecule has 1 heterocycles. The van der Waals surface area contributed by atoms with Gasteiger partial charge in [0.2, 0.25) is 0 Å². The molecule has 104 valence electrons. The largest absolute Gasteiger partial charge is 0.426 e. The van der Waals surface area contributed by atoms with Gasteiger partial charge in [-0.2, -0.15) is 0 Å². The molecule has 4 heteroatoms. The topological polar surface area (TPSA) is 52.6 Å². The third-order valence-corrected chi connectivity index (χ3v) is 3.02. The van der Waals surface area contributed by atoms with Crippen LogP contribution in [-0.4, -0.2) is 11.9 Å². The van der Waals surface area contributed by atoms with Crippen molar-refractivity contribution in [3.8, 4) is 11.5 Å². The van der Waals surface area contributed by atoms with Gasteiger partial charge in [-0.1, -0.05) is 30.3 Å². The number of benzene rings is 2. The smallest absolute Gasteiger partial charge is 0.336 e. The van der Waals surface area contributed by atoms with Crippen LogP contribution in [0, 0.1) is 0 Å². The van der Waals surface area contributed by atoms with Crippen LogP contribution in [0.3, 0.4) is 0 Å². The molecule has 0 fully saturated rings. The summed E-state index contributed by atoms with van der Waals surface area (Å²) in [7, 11) is 0. The van der Waals surface area contributed by atoms with Gasteiger partial charge in [0.15, 0.2) is 0 Å². The standard InChI is InChI=1S/C17H12O4/c18-16(9-6-12-4-2-1-3-5-12)20-14-7-8-15-13(10-14)11-17(19)21-15/h1-10H,11H2/b9-6+. The van der Waals surface area contributed by atoms with Crippen LogP contribution in [0.25, 0.3) is 6.08 Å². The van der Waals surface area contributed by atoms with E-state index in [4.69, 9.17) is 9.47 Å². The molecule has 0 radical (unpaired) electrons. The Hall–Kier alpha value is -2.88. The summed E-state index contributed by atoms with van der Waals surface area (Å²) in [6, 6.07) is 14.3. The molecule has 0 saturated heterocycles. The molecule has 0 spiro atoms. The second kappa shape index (κ2) is 5.63. The second-order valence-corrected chi connectivity index (χ2v) is 4.59. The Morgan fingerprint density at radius 3 is 2.76 bits per heavy atom. The van der Waals surface area contributed by atoms with E-state index in [9.17, 15) is 9.59 Å². The fourth-order valence-corrected chi connectivity index (χ4v) is 2.05. The van der Waals surface area contributed by atoms with Crippen LogP contribution in [0.5, 0.6) is 11.5 Å². The van der Waals surface area contributed by atoms with Crippen molar-refractivity contribution in [3.63, 3.8) is 0 Å². The zero-order valence-electron chi connectivity index (χ0n) is 11.1. The van der Waals surface area contributed by atoms with Crippen molar-refractivity contribution >= 4 is 18.0 Å². The van der Waals surface area contributed by atoms with Crippen molar-refractivity contribution in [2.45, 2.75) is 6.42 Å². The summed E-state index contributed by atoms with van der Waals surface area (Å²) in [6.07, 6.45) is 3.26. The predicted molar refractivity (Wildman–Crippen MR) is 76.9 cm³/mol. The van der Waals surface area contributed by atoms with Crippen molar-refractivity contribution in [1.82, 2.24) is 0 Å². The molecule has 0 N–H and O–H groups in total. The zero-order valence-corrected chi connectivity index (χ0v) is 11.1. The van der Waals surface area contributed by atoms with E-state index in [2.05, 4.69) is 0 Å². The molecular weight excluding hydrogens is 268 g/mol. The molecule has 0 bridgehead atoms. The minimum Gasteiger partial charge on any atom is -0.426 e. The lowest BCUT2D eigenvalue weighted by Gasteiger charge is -2.03. The summed E-state index contributed by atoms with van der Waals surface area (Å²) >= 11 is 0. The van der Waals surface area contributed by atoms with Gasteiger partial charge >= 0.3 is 11.9 Å². The van der Waals surface area contributed by atoms with E-state index >= 15 is 0 Å². The molecule has 4 nitrogen and oxygen atoms in total. The van der Waals surface area contributed by atoms with Gasteiger partial charge in [0, 0.05) is 11.6 Å². The number of ether oxygens (including phenoxy) is 2. The average Bonchev–Trinajstić information content (AvgIpc) is 2.85. The first-order valence-corrected chi connectivity index (χ1v) is 6.49.